The van der Waals surface area contributed by atoms with Gasteiger partial charge in [0.25, 0.3) is 0 Å². The molecule has 1 unspecified atom stereocenters. The van der Waals surface area contributed by atoms with Crippen LogP contribution in [0.4, 0.5) is 0 Å². The molecule has 0 saturated carbocycles. The van der Waals surface area contributed by atoms with E-state index in [1.165, 1.54) is 11.8 Å². The Bertz CT molecular complexity index is 575. The summed E-state index contributed by atoms with van der Waals surface area (Å²) in [5, 5.41) is 12.6. The molecule has 2 rings (SSSR count). The van der Waals surface area contributed by atoms with E-state index in [-0.39, 0.29) is 6.04 Å². The summed E-state index contributed by atoms with van der Waals surface area (Å²) in [4.78, 5) is 7.65. The number of rotatable bonds is 5. The summed E-state index contributed by atoms with van der Waals surface area (Å²) in [6.45, 7) is 0. The average Bonchev–Trinajstić information content (AvgIpc) is 2.81. The first-order valence-corrected chi connectivity index (χ1v) is 6.49. The Labute approximate surface area is 110 Å². The van der Waals surface area contributed by atoms with E-state index in [1.54, 1.807) is 14.2 Å². The van der Waals surface area contributed by atoms with Crippen LogP contribution in [0.3, 0.4) is 0 Å². The number of aromatic nitrogens is 2. The van der Waals surface area contributed by atoms with E-state index in [1.807, 2.05) is 18.2 Å². The van der Waals surface area contributed by atoms with Crippen molar-refractivity contribution in [3.63, 3.8) is 0 Å². The summed E-state index contributed by atoms with van der Waals surface area (Å²) in [5.41, 5.74) is 1.84. The van der Waals surface area contributed by atoms with Crippen LogP contribution >= 0.6 is 11.8 Å². The predicted molar refractivity (Wildman–Crippen MR) is 71.8 cm³/mol. The molecule has 2 N–H and O–H groups in total. The molecule has 1 aromatic carbocycles. The van der Waals surface area contributed by atoms with Crippen LogP contribution in [0.2, 0.25) is 0 Å². The Morgan fingerprint density at radius 1 is 1.61 bits per heavy atom. The monoisotopic (exact) mass is 262 g/mol. The molecule has 1 atom stereocenters. The van der Waals surface area contributed by atoms with Crippen molar-refractivity contribution in [2.75, 3.05) is 19.9 Å². The predicted octanol–water partition coefficient (Wildman–Crippen LogP) is 1.78. The van der Waals surface area contributed by atoms with Gasteiger partial charge in [-0.2, -0.15) is 5.26 Å². The van der Waals surface area contributed by atoms with Gasteiger partial charge in [-0.1, -0.05) is 11.8 Å². The third kappa shape index (κ3) is 2.75. The largest absolute Gasteiger partial charge is 0.497 e. The van der Waals surface area contributed by atoms with Crippen LogP contribution in [-0.2, 0) is 0 Å². The van der Waals surface area contributed by atoms with Gasteiger partial charge in [-0.3, -0.25) is 0 Å². The summed E-state index contributed by atoms with van der Waals surface area (Å²) in [7, 11) is 3.41. The lowest BCUT2D eigenvalue weighted by Crippen LogP contribution is -2.25. The molecule has 1 aromatic heterocycles. The average molecular weight is 262 g/mol. The number of thioether (sulfide) groups is 1. The zero-order valence-corrected chi connectivity index (χ0v) is 11.0. The van der Waals surface area contributed by atoms with Gasteiger partial charge in [0.05, 0.1) is 24.2 Å². The molecular formula is C12H14N4OS. The first kappa shape index (κ1) is 12.7. The number of imidazole rings is 1. The quantitative estimate of drug-likeness (QED) is 0.803. The van der Waals surface area contributed by atoms with E-state index < -0.39 is 0 Å². The Hall–Kier alpha value is -1.71. The minimum absolute atomic E-state index is 0.169. The first-order chi connectivity index (χ1) is 8.76. The van der Waals surface area contributed by atoms with Gasteiger partial charge >= 0.3 is 0 Å². The number of nitriles is 1. The Balaban J connectivity index is 2.13. The molecule has 0 saturated heterocycles. The van der Waals surface area contributed by atoms with Crippen molar-refractivity contribution in [3.05, 3.63) is 18.2 Å². The summed E-state index contributed by atoms with van der Waals surface area (Å²) >= 11 is 1.52. The van der Waals surface area contributed by atoms with Gasteiger partial charge < -0.3 is 15.0 Å². The second-order valence-corrected chi connectivity index (χ2v) is 4.72. The second-order valence-electron chi connectivity index (χ2n) is 3.71. The molecule has 18 heavy (non-hydrogen) atoms. The van der Waals surface area contributed by atoms with Crippen LogP contribution in [0, 0.1) is 11.3 Å². The van der Waals surface area contributed by atoms with Gasteiger partial charge in [0.15, 0.2) is 5.16 Å². The highest BCUT2D eigenvalue weighted by Crippen LogP contribution is 2.23. The summed E-state index contributed by atoms with van der Waals surface area (Å²) < 4.78 is 5.16. The molecule has 5 nitrogen and oxygen atoms in total. The number of hydrogen-bond donors (Lipinski definition) is 2. The smallest absolute Gasteiger partial charge is 0.166 e. The maximum Gasteiger partial charge on any atom is 0.166 e. The Morgan fingerprint density at radius 2 is 2.44 bits per heavy atom. The number of aromatic amines is 1. The molecule has 0 spiro atoms. The van der Waals surface area contributed by atoms with Crippen LogP contribution < -0.4 is 10.1 Å². The number of hydrogen-bond acceptors (Lipinski definition) is 5. The van der Waals surface area contributed by atoms with E-state index in [0.29, 0.717) is 5.75 Å². The fraction of sp³-hybridized carbons (Fsp3) is 0.333. The minimum Gasteiger partial charge on any atom is -0.497 e. The minimum atomic E-state index is -0.169. The van der Waals surface area contributed by atoms with Crippen LogP contribution in [0.5, 0.6) is 5.75 Å². The van der Waals surface area contributed by atoms with E-state index in [4.69, 9.17) is 10.00 Å². The molecule has 2 aromatic rings. The molecule has 0 aliphatic rings. The molecule has 0 aliphatic heterocycles. The van der Waals surface area contributed by atoms with Crippen LogP contribution in [0.15, 0.2) is 23.4 Å². The molecule has 94 valence electrons. The summed E-state index contributed by atoms with van der Waals surface area (Å²) in [5.74, 6) is 1.46. The van der Waals surface area contributed by atoms with Gasteiger partial charge in [-0.05, 0) is 19.2 Å². The summed E-state index contributed by atoms with van der Waals surface area (Å²) in [6, 6.07) is 7.71. The lowest BCUT2D eigenvalue weighted by Gasteiger charge is -2.04. The van der Waals surface area contributed by atoms with Gasteiger partial charge in [0.2, 0.25) is 0 Å². The molecule has 0 bridgehead atoms. The Kier molecular flexibility index (Phi) is 4.07. The van der Waals surface area contributed by atoms with Crippen LogP contribution in [0.25, 0.3) is 11.0 Å². The van der Waals surface area contributed by atoms with Crippen LogP contribution in [-0.4, -0.2) is 35.9 Å². The highest BCUT2D eigenvalue weighted by molar-refractivity contribution is 7.99. The van der Waals surface area contributed by atoms with Crippen molar-refractivity contribution in [2.45, 2.75) is 11.2 Å². The van der Waals surface area contributed by atoms with Crippen molar-refractivity contribution < 1.29 is 4.74 Å². The van der Waals surface area contributed by atoms with Gasteiger partial charge in [0, 0.05) is 11.8 Å². The van der Waals surface area contributed by atoms with E-state index in [0.717, 1.165) is 21.9 Å². The number of benzene rings is 1. The summed E-state index contributed by atoms with van der Waals surface area (Å²) in [6.07, 6.45) is 0. The highest BCUT2D eigenvalue weighted by Gasteiger charge is 2.08. The molecule has 0 amide bonds. The maximum absolute atomic E-state index is 8.84. The number of nitrogens with zero attached hydrogens (tertiary/aromatic N) is 2. The number of methoxy groups -OCH3 is 1. The zero-order valence-electron chi connectivity index (χ0n) is 10.2. The first-order valence-electron chi connectivity index (χ1n) is 5.50. The van der Waals surface area contributed by atoms with E-state index in [2.05, 4.69) is 21.4 Å². The second kappa shape index (κ2) is 5.76. The topological polar surface area (TPSA) is 73.7 Å². The number of fused-ring (bicyclic) bond motifs is 1. The molecule has 0 fully saturated rings. The molecular weight excluding hydrogens is 248 g/mol. The van der Waals surface area contributed by atoms with E-state index >= 15 is 0 Å². The fourth-order valence-electron chi connectivity index (χ4n) is 1.51. The molecule has 0 radical (unpaired) electrons. The normalized spacial score (nSPS) is 12.3. The van der Waals surface area contributed by atoms with Gasteiger partial charge in [-0.25, -0.2) is 4.98 Å². The molecule has 6 heteroatoms. The van der Waals surface area contributed by atoms with Gasteiger partial charge in [0.1, 0.15) is 11.8 Å². The SMILES string of the molecule is CNC(C#N)CSc1nc2ccc(OC)cc2[nH]1. The van der Waals surface area contributed by atoms with Crippen molar-refractivity contribution in [1.29, 1.82) is 5.26 Å². The lowest BCUT2D eigenvalue weighted by atomic mass is 10.3. The number of ether oxygens (including phenoxy) is 1. The molecule has 1 heterocycles. The van der Waals surface area contributed by atoms with Crippen molar-refractivity contribution >= 4 is 22.8 Å². The lowest BCUT2D eigenvalue weighted by molar-refractivity contribution is 0.415. The van der Waals surface area contributed by atoms with Crippen molar-refractivity contribution in [1.82, 2.24) is 15.3 Å². The van der Waals surface area contributed by atoms with Crippen molar-refractivity contribution in [3.8, 4) is 11.8 Å². The zero-order chi connectivity index (χ0) is 13.0. The fourth-order valence-corrected chi connectivity index (χ4v) is 2.42. The maximum atomic E-state index is 8.84. The Morgan fingerprint density at radius 3 is 3.11 bits per heavy atom. The van der Waals surface area contributed by atoms with Crippen LogP contribution in [0.1, 0.15) is 0 Å². The number of H-pyrrole nitrogens is 1. The highest BCUT2D eigenvalue weighted by atomic mass is 32.2. The third-order valence-corrected chi connectivity index (χ3v) is 3.53. The number of nitrogens with one attached hydrogen (secondary N) is 2. The van der Waals surface area contributed by atoms with Crippen molar-refractivity contribution in [2.24, 2.45) is 0 Å². The van der Waals surface area contributed by atoms with Gasteiger partial charge in [-0.15, -0.1) is 0 Å². The standard InChI is InChI=1S/C12H14N4OS/c1-14-8(6-13)7-18-12-15-10-4-3-9(17-2)5-11(10)16-12/h3-5,8,14H,7H2,1-2H3,(H,15,16). The molecule has 0 aliphatic carbocycles. The van der Waals surface area contributed by atoms with E-state index in [9.17, 15) is 0 Å². The third-order valence-electron chi connectivity index (χ3n) is 2.56.